The van der Waals surface area contributed by atoms with Gasteiger partial charge in [-0.15, -0.1) is 0 Å². The van der Waals surface area contributed by atoms with E-state index in [-0.39, 0.29) is 6.61 Å². The molecular formula is C19H21NO3. The molecule has 0 unspecified atom stereocenters. The van der Waals surface area contributed by atoms with Crippen molar-refractivity contribution >= 4 is 10.9 Å². The van der Waals surface area contributed by atoms with E-state index in [1.807, 2.05) is 36.4 Å². The lowest BCUT2D eigenvalue weighted by atomic mass is 10.1. The number of nitrogens with zero attached hydrogens (tertiary/aromatic N) is 1. The van der Waals surface area contributed by atoms with Gasteiger partial charge in [0.2, 0.25) is 0 Å². The molecule has 0 spiro atoms. The number of rotatable bonds is 5. The van der Waals surface area contributed by atoms with Crippen LogP contribution in [-0.2, 0) is 6.54 Å². The highest BCUT2D eigenvalue weighted by atomic mass is 16.5. The van der Waals surface area contributed by atoms with Gasteiger partial charge in [-0.25, -0.2) is 0 Å². The smallest absolute Gasteiger partial charge is 0.120 e. The van der Waals surface area contributed by atoms with Crippen LogP contribution in [0.15, 0.2) is 42.5 Å². The number of aromatic nitrogens is 1. The predicted octanol–water partition coefficient (Wildman–Crippen LogP) is 3.63. The molecule has 0 aliphatic rings. The lowest BCUT2D eigenvalue weighted by Gasteiger charge is -2.11. The molecule has 0 aliphatic carbocycles. The minimum absolute atomic E-state index is 0.0869. The first-order chi connectivity index (χ1) is 11.2. The van der Waals surface area contributed by atoms with Gasteiger partial charge in [-0.1, -0.05) is 0 Å². The minimum atomic E-state index is 0.0869. The van der Waals surface area contributed by atoms with Crippen molar-refractivity contribution in [1.29, 1.82) is 0 Å². The minimum Gasteiger partial charge on any atom is -0.497 e. The lowest BCUT2D eigenvalue weighted by Crippen LogP contribution is -2.04. The van der Waals surface area contributed by atoms with Crippen molar-refractivity contribution in [3.8, 4) is 22.8 Å². The van der Waals surface area contributed by atoms with E-state index in [1.54, 1.807) is 14.2 Å². The number of ether oxygens (including phenoxy) is 2. The highest BCUT2D eigenvalue weighted by molar-refractivity contribution is 5.92. The van der Waals surface area contributed by atoms with E-state index in [9.17, 15) is 5.11 Å². The molecule has 120 valence electrons. The van der Waals surface area contributed by atoms with Gasteiger partial charge >= 0.3 is 0 Å². The lowest BCUT2D eigenvalue weighted by molar-refractivity contribution is 0.278. The van der Waals surface area contributed by atoms with Gasteiger partial charge in [0.25, 0.3) is 0 Å². The fraction of sp³-hybridized carbons (Fsp3) is 0.263. The molecule has 23 heavy (non-hydrogen) atoms. The molecule has 0 aliphatic heterocycles. The average molecular weight is 311 g/mol. The normalized spacial score (nSPS) is 11.0. The Morgan fingerprint density at radius 3 is 2.22 bits per heavy atom. The van der Waals surface area contributed by atoms with Crippen molar-refractivity contribution in [2.45, 2.75) is 13.5 Å². The van der Waals surface area contributed by atoms with E-state index < -0.39 is 0 Å². The molecule has 4 heteroatoms. The Morgan fingerprint density at radius 2 is 1.61 bits per heavy atom. The zero-order chi connectivity index (χ0) is 16.4. The van der Waals surface area contributed by atoms with Gasteiger partial charge in [0, 0.05) is 18.0 Å². The van der Waals surface area contributed by atoms with Gasteiger partial charge in [0.15, 0.2) is 0 Å². The summed E-state index contributed by atoms with van der Waals surface area (Å²) in [6, 6.07) is 14.1. The van der Waals surface area contributed by atoms with E-state index in [0.29, 0.717) is 6.54 Å². The van der Waals surface area contributed by atoms with Crippen LogP contribution in [0.2, 0.25) is 0 Å². The molecule has 3 aromatic rings. The van der Waals surface area contributed by atoms with Gasteiger partial charge < -0.3 is 19.1 Å². The second-order valence-electron chi connectivity index (χ2n) is 5.46. The zero-order valence-electron chi connectivity index (χ0n) is 13.7. The number of fused-ring (bicyclic) bond motifs is 1. The molecule has 0 fully saturated rings. The molecule has 1 aromatic heterocycles. The SMILES string of the molecule is COc1ccc(-c2c(C)c3ccc(OC)cc3n2CCO)cc1. The molecule has 0 atom stereocenters. The van der Waals surface area contributed by atoms with Crippen LogP contribution in [-0.4, -0.2) is 30.5 Å². The van der Waals surface area contributed by atoms with Crippen LogP contribution in [0.3, 0.4) is 0 Å². The van der Waals surface area contributed by atoms with Crippen molar-refractivity contribution in [3.63, 3.8) is 0 Å². The third-order valence-corrected chi connectivity index (χ3v) is 4.21. The van der Waals surface area contributed by atoms with E-state index in [1.165, 1.54) is 10.9 Å². The molecule has 0 bridgehead atoms. The summed E-state index contributed by atoms with van der Waals surface area (Å²) in [5.41, 5.74) is 4.49. The highest BCUT2D eigenvalue weighted by Crippen LogP contribution is 2.35. The van der Waals surface area contributed by atoms with Gasteiger partial charge in [-0.2, -0.15) is 0 Å². The summed E-state index contributed by atoms with van der Waals surface area (Å²) >= 11 is 0. The summed E-state index contributed by atoms with van der Waals surface area (Å²) < 4.78 is 12.7. The molecule has 0 saturated heterocycles. The molecule has 1 N–H and O–H groups in total. The molecule has 0 saturated carbocycles. The van der Waals surface area contributed by atoms with Crippen molar-refractivity contribution in [2.24, 2.45) is 0 Å². The van der Waals surface area contributed by atoms with Gasteiger partial charge in [-0.05, 0) is 54.4 Å². The third kappa shape index (κ3) is 2.66. The number of aryl methyl sites for hydroxylation is 1. The first-order valence-electron chi connectivity index (χ1n) is 7.61. The van der Waals surface area contributed by atoms with Crippen molar-refractivity contribution in [1.82, 2.24) is 4.57 Å². The maximum Gasteiger partial charge on any atom is 0.120 e. The molecule has 1 heterocycles. The van der Waals surface area contributed by atoms with Crippen molar-refractivity contribution in [2.75, 3.05) is 20.8 Å². The van der Waals surface area contributed by atoms with E-state index in [2.05, 4.69) is 17.6 Å². The molecule has 0 amide bonds. The maximum absolute atomic E-state index is 9.50. The second-order valence-corrected chi connectivity index (χ2v) is 5.46. The van der Waals surface area contributed by atoms with Crippen LogP contribution in [0, 0.1) is 6.92 Å². The summed E-state index contributed by atoms with van der Waals surface area (Å²) in [4.78, 5) is 0. The number of aliphatic hydroxyl groups excluding tert-OH is 1. The highest BCUT2D eigenvalue weighted by Gasteiger charge is 2.16. The summed E-state index contributed by atoms with van der Waals surface area (Å²) in [5, 5.41) is 10.7. The first-order valence-corrected chi connectivity index (χ1v) is 7.61. The second kappa shape index (κ2) is 6.34. The number of hydrogen-bond acceptors (Lipinski definition) is 3. The van der Waals surface area contributed by atoms with E-state index in [0.717, 1.165) is 28.3 Å². The van der Waals surface area contributed by atoms with Crippen LogP contribution < -0.4 is 9.47 Å². The third-order valence-electron chi connectivity index (χ3n) is 4.21. The monoisotopic (exact) mass is 311 g/mol. The fourth-order valence-electron chi connectivity index (χ4n) is 3.08. The van der Waals surface area contributed by atoms with Gasteiger partial charge in [0.05, 0.1) is 32.0 Å². The quantitative estimate of drug-likeness (QED) is 0.782. The zero-order valence-corrected chi connectivity index (χ0v) is 13.7. The van der Waals surface area contributed by atoms with Crippen LogP contribution in [0.5, 0.6) is 11.5 Å². The Labute approximate surface area is 135 Å². The predicted molar refractivity (Wildman–Crippen MR) is 92.3 cm³/mol. The Balaban J connectivity index is 2.25. The summed E-state index contributed by atoms with van der Waals surface area (Å²) in [6.07, 6.45) is 0. The summed E-state index contributed by atoms with van der Waals surface area (Å²) in [7, 11) is 3.33. The number of hydrogen-bond donors (Lipinski definition) is 1. The van der Waals surface area contributed by atoms with Gasteiger partial charge in [0.1, 0.15) is 11.5 Å². The molecule has 3 rings (SSSR count). The van der Waals surface area contributed by atoms with Crippen LogP contribution in [0.25, 0.3) is 22.2 Å². The summed E-state index contributed by atoms with van der Waals surface area (Å²) in [5.74, 6) is 1.65. The Bertz CT molecular complexity index is 819. The topological polar surface area (TPSA) is 43.6 Å². The Kier molecular flexibility index (Phi) is 4.26. The maximum atomic E-state index is 9.50. The van der Waals surface area contributed by atoms with Gasteiger partial charge in [-0.3, -0.25) is 0 Å². The largest absolute Gasteiger partial charge is 0.497 e. The van der Waals surface area contributed by atoms with E-state index in [4.69, 9.17) is 9.47 Å². The Morgan fingerprint density at radius 1 is 0.957 bits per heavy atom. The first kappa shape index (κ1) is 15.4. The summed E-state index contributed by atoms with van der Waals surface area (Å²) in [6.45, 7) is 2.74. The standard InChI is InChI=1S/C19H21NO3/c1-13-17-9-8-16(23-3)12-18(17)20(10-11-21)19(13)14-4-6-15(22-2)7-5-14/h4-9,12,21H,10-11H2,1-3H3. The van der Waals surface area contributed by atoms with Crippen LogP contribution in [0.1, 0.15) is 5.56 Å². The molecule has 2 aromatic carbocycles. The van der Waals surface area contributed by atoms with Crippen LogP contribution >= 0.6 is 0 Å². The van der Waals surface area contributed by atoms with E-state index >= 15 is 0 Å². The number of aliphatic hydroxyl groups is 1. The Hall–Kier alpha value is -2.46. The van der Waals surface area contributed by atoms with Crippen molar-refractivity contribution < 1.29 is 14.6 Å². The molecule has 4 nitrogen and oxygen atoms in total. The average Bonchev–Trinajstić information content (AvgIpc) is 2.87. The van der Waals surface area contributed by atoms with Crippen molar-refractivity contribution in [3.05, 3.63) is 48.0 Å². The number of methoxy groups -OCH3 is 2. The fourth-order valence-corrected chi connectivity index (χ4v) is 3.08. The molecule has 0 radical (unpaired) electrons. The molecular weight excluding hydrogens is 290 g/mol. The number of benzene rings is 2. The van der Waals surface area contributed by atoms with Crippen LogP contribution in [0.4, 0.5) is 0 Å².